The van der Waals surface area contributed by atoms with Gasteiger partial charge in [-0.05, 0) is 99.9 Å². The highest BCUT2D eigenvalue weighted by atomic mass is 16.4. The molecule has 186 valence electrons. The standard InChI is InChI=1S/C14H17N3O2.C14H14N2O/c1-8-6-10(4-5-12(8)13(15)16-19)17-11-3-2-9(7-11)14(17)18;1-9-6-12(5-3-11(9)8-15)16-13-4-2-10(7-13)14(16)17/h4-6,9,11,19H,2-3,7H2,1H3,(H2,15,16);3,5-6,10,13H,2,4,7H2,1H3/t9-,11+;10-,13+/m11/s1. The number of fused-ring (bicyclic) bond motifs is 4. The zero-order valence-corrected chi connectivity index (χ0v) is 20.6. The van der Waals surface area contributed by atoms with Crippen molar-refractivity contribution in [3.05, 3.63) is 58.7 Å². The van der Waals surface area contributed by atoms with Crippen molar-refractivity contribution < 1.29 is 14.8 Å². The third kappa shape index (κ3) is 3.98. The molecule has 4 bridgehead atoms. The summed E-state index contributed by atoms with van der Waals surface area (Å²) in [6.07, 6.45) is 6.29. The number of carbonyl (C=O) groups excluding carboxylic acids is 2. The third-order valence-corrected chi connectivity index (χ3v) is 8.19. The summed E-state index contributed by atoms with van der Waals surface area (Å²) in [6.45, 7) is 3.82. The number of oxime groups is 1. The van der Waals surface area contributed by atoms with E-state index in [-0.39, 0.29) is 29.5 Å². The fraction of sp³-hybridized carbons (Fsp3) is 0.429. The Morgan fingerprint density at radius 3 is 1.86 bits per heavy atom. The molecule has 8 nitrogen and oxygen atoms in total. The van der Waals surface area contributed by atoms with E-state index >= 15 is 0 Å². The van der Waals surface area contributed by atoms with Crippen LogP contribution in [0.5, 0.6) is 0 Å². The van der Waals surface area contributed by atoms with Gasteiger partial charge in [0.15, 0.2) is 5.84 Å². The van der Waals surface area contributed by atoms with Gasteiger partial charge in [-0.3, -0.25) is 9.59 Å². The van der Waals surface area contributed by atoms with Gasteiger partial charge in [0.1, 0.15) is 0 Å². The topological polar surface area (TPSA) is 123 Å². The summed E-state index contributed by atoms with van der Waals surface area (Å²) >= 11 is 0. The molecule has 4 fully saturated rings. The lowest BCUT2D eigenvalue weighted by atomic mass is 10.0. The van der Waals surface area contributed by atoms with Crippen LogP contribution in [0.2, 0.25) is 0 Å². The number of nitrogens with zero attached hydrogens (tertiary/aromatic N) is 4. The van der Waals surface area contributed by atoms with Gasteiger partial charge in [0.2, 0.25) is 11.8 Å². The van der Waals surface area contributed by atoms with Crippen LogP contribution in [-0.4, -0.2) is 34.9 Å². The van der Waals surface area contributed by atoms with Crippen LogP contribution < -0.4 is 15.5 Å². The minimum atomic E-state index is 0.0957. The van der Waals surface area contributed by atoms with Gasteiger partial charge in [-0.2, -0.15) is 5.26 Å². The van der Waals surface area contributed by atoms with Crippen LogP contribution in [-0.2, 0) is 9.59 Å². The minimum Gasteiger partial charge on any atom is -0.409 e. The lowest BCUT2D eigenvalue weighted by Crippen LogP contribution is -2.37. The fourth-order valence-corrected chi connectivity index (χ4v) is 6.32. The van der Waals surface area contributed by atoms with Crippen molar-refractivity contribution in [2.45, 2.75) is 64.5 Å². The van der Waals surface area contributed by atoms with Crippen LogP contribution in [0.3, 0.4) is 0 Å². The first-order chi connectivity index (χ1) is 17.3. The number of carbonyl (C=O) groups is 2. The predicted octanol–water partition coefficient (Wildman–Crippen LogP) is 3.99. The van der Waals surface area contributed by atoms with Gasteiger partial charge < -0.3 is 20.7 Å². The van der Waals surface area contributed by atoms with Crippen molar-refractivity contribution in [3.63, 3.8) is 0 Å². The SMILES string of the molecule is Cc1cc(N2C(=O)[C@@H]3CC[C@H]2C3)ccc1/C(N)=N/O.Cc1cc(N2C(=O)[C@@H]3CC[C@H]2C3)ccc1C#N. The highest BCUT2D eigenvalue weighted by Crippen LogP contribution is 2.42. The van der Waals surface area contributed by atoms with Crippen LogP contribution in [0.15, 0.2) is 41.6 Å². The average molecular weight is 486 g/mol. The average Bonchev–Trinajstić information content (AvgIpc) is 3.65. The maximum Gasteiger partial charge on any atom is 0.230 e. The van der Waals surface area contributed by atoms with Crippen LogP contribution in [0.25, 0.3) is 0 Å². The number of anilines is 2. The summed E-state index contributed by atoms with van der Waals surface area (Å²) in [7, 11) is 0. The van der Waals surface area contributed by atoms with Gasteiger partial charge in [-0.1, -0.05) is 5.16 Å². The first-order valence-corrected chi connectivity index (χ1v) is 12.6. The Balaban J connectivity index is 0.000000149. The molecule has 2 aliphatic carbocycles. The van der Waals surface area contributed by atoms with Crippen molar-refractivity contribution in [2.75, 3.05) is 9.80 Å². The molecule has 2 heterocycles. The second-order valence-electron chi connectivity index (χ2n) is 10.3. The van der Waals surface area contributed by atoms with E-state index in [9.17, 15) is 9.59 Å². The lowest BCUT2D eigenvalue weighted by Gasteiger charge is -2.27. The second-order valence-corrected chi connectivity index (χ2v) is 10.3. The molecule has 2 aliphatic heterocycles. The van der Waals surface area contributed by atoms with Gasteiger partial charge in [0, 0.05) is 40.9 Å². The Bertz CT molecular complexity index is 1300. The van der Waals surface area contributed by atoms with Gasteiger partial charge in [-0.15, -0.1) is 0 Å². The molecule has 36 heavy (non-hydrogen) atoms. The van der Waals surface area contributed by atoms with E-state index in [0.717, 1.165) is 61.0 Å². The number of rotatable bonds is 3. The van der Waals surface area contributed by atoms with E-state index in [1.165, 1.54) is 0 Å². The number of aryl methyl sites for hydroxylation is 2. The van der Waals surface area contributed by atoms with E-state index in [0.29, 0.717) is 23.2 Å². The van der Waals surface area contributed by atoms with Crippen LogP contribution >= 0.6 is 0 Å². The van der Waals surface area contributed by atoms with Crippen molar-refractivity contribution in [3.8, 4) is 6.07 Å². The van der Waals surface area contributed by atoms with Crippen molar-refractivity contribution in [1.29, 1.82) is 5.26 Å². The smallest absolute Gasteiger partial charge is 0.230 e. The van der Waals surface area contributed by atoms with Crippen LogP contribution in [0.1, 0.15) is 60.8 Å². The first kappa shape index (κ1) is 23.9. The number of benzene rings is 2. The number of hydrogen-bond acceptors (Lipinski definition) is 5. The molecule has 6 rings (SSSR count). The Morgan fingerprint density at radius 2 is 1.44 bits per heavy atom. The molecule has 0 radical (unpaired) electrons. The van der Waals surface area contributed by atoms with E-state index in [4.69, 9.17) is 16.2 Å². The number of piperidine rings is 2. The molecule has 2 saturated carbocycles. The minimum absolute atomic E-state index is 0.0957. The molecule has 0 spiro atoms. The lowest BCUT2D eigenvalue weighted by molar-refractivity contribution is -0.121. The molecule has 2 amide bonds. The Hall–Kier alpha value is -3.86. The third-order valence-electron chi connectivity index (χ3n) is 8.19. The second kappa shape index (κ2) is 9.30. The van der Waals surface area contributed by atoms with Crippen molar-refractivity contribution in [2.24, 2.45) is 22.7 Å². The fourth-order valence-electron chi connectivity index (χ4n) is 6.32. The maximum absolute atomic E-state index is 12.2. The van der Waals surface area contributed by atoms with E-state index in [1.54, 1.807) is 6.07 Å². The molecule has 0 aromatic heterocycles. The molecule has 4 atom stereocenters. The van der Waals surface area contributed by atoms with Crippen LogP contribution in [0, 0.1) is 37.0 Å². The van der Waals surface area contributed by atoms with E-state index in [1.807, 2.05) is 54.0 Å². The molecule has 2 saturated heterocycles. The summed E-state index contributed by atoms with van der Waals surface area (Å²) in [5.74, 6) is 1.07. The number of nitrogens with two attached hydrogens (primary N) is 1. The number of hydrogen-bond donors (Lipinski definition) is 2. The molecule has 2 aromatic rings. The summed E-state index contributed by atoms with van der Waals surface area (Å²) in [5.41, 5.74) is 10.7. The zero-order valence-electron chi connectivity index (χ0n) is 20.6. The molecule has 8 heteroatoms. The molecule has 0 unspecified atom stereocenters. The summed E-state index contributed by atoms with van der Waals surface area (Å²) in [6, 6.07) is 14.2. The Labute approximate surface area is 211 Å². The van der Waals surface area contributed by atoms with Gasteiger partial charge in [0.05, 0.1) is 11.6 Å². The number of amidine groups is 1. The molecule has 2 aromatic carbocycles. The normalized spacial score (nSPS) is 26.3. The molecular weight excluding hydrogens is 454 g/mol. The van der Waals surface area contributed by atoms with Crippen LogP contribution in [0.4, 0.5) is 11.4 Å². The monoisotopic (exact) mass is 485 g/mol. The van der Waals surface area contributed by atoms with E-state index < -0.39 is 0 Å². The summed E-state index contributed by atoms with van der Waals surface area (Å²) in [4.78, 5) is 28.1. The number of amides is 2. The van der Waals surface area contributed by atoms with Gasteiger partial charge in [-0.25, -0.2) is 0 Å². The molecule has 3 N–H and O–H groups in total. The largest absolute Gasteiger partial charge is 0.409 e. The van der Waals surface area contributed by atoms with Gasteiger partial charge in [0.25, 0.3) is 0 Å². The summed E-state index contributed by atoms with van der Waals surface area (Å²) in [5, 5.41) is 20.6. The van der Waals surface area contributed by atoms with Gasteiger partial charge >= 0.3 is 0 Å². The highest BCUT2D eigenvalue weighted by Gasteiger charge is 2.46. The maximum atomic E-state index is 12.2. The Morgan fingerprint density at radius 1 is 0.917 bits per heavy atom. The van der Waals surface area contributed by atoms with Crippen molar-refractivity contribution >= 4 is 29.0 Å². The molecule has 4 aliphatic rings. The van der Waals surface area contributed by atoms with E-state index in [2.05, 4.69) is 11.2 Å². The predicted molar refractivity (Wildman–Crippen MR) is 137 cm³/mol. The quantitative estimate of drug-likeness (QED) is 0.295. The highest BCUT2D eigenvalue weighted by molar-refractivity contribution is 6.01. The Kier molecular flexibility index (Phi) is 6.17. The summed E-state index contributed by atoms with van der Waals surface area (Å²) < 4.78 is 0. The number of nitriles is 1. The first-order valence-electron chi connectivity index (χ1n) is 12.6. The molecular formula is C28H31N5O3. The van der Waals surface area contributed by atoms with Crippen molar-refractivity contribution in [1.82, 2.24) is 0 Å². The zero-order chi connectivity index (χ0) is 25.6.